The molecule has 4 nitrogen and oxygen atoms in total. The molecule has 24 heavy (non-hydrogen) atoms. The molecule has 1 aromatic heterocycles. The third-order valence-corrected chi connectivity index (χ3v) is 4.37. The fourth-order valence-corrected chi connectivity index (χ4v) is 2.81. The van der Waals surface area contributed by atoms with Gasteiger partial charge < -0.3 is 5.32 Å². The van der Waals surface area contributed by atoms with Crippen molar-refractivity contribution >= 4 is 46.4 Å². The van der Waals surface area contributed by atoms with Gasteiger partial charge in [0.1, 0.15) is 0 Å². The zero-order chi connectivity index (χ0) is 17.1. The molecule has 0 bridgehead atoms. The van der Waals surface area contributed by atoms with Crippen molar-refractivity contribution in [1.82, 2.24) is 9.78 Å². The number of halogens is 3. The Kier molecular flexibility index (Phi) is 5.09. The molecule has 0 unspecified atom stereocenters. The molecule has 0 spiro atoms. The molecule has 0 atom stereocenters. The quantitative estimate of drug-likeness (QED) is 0.681. The van der Waals surface area contributed by atoms with Crippen LogP contribution in [0.5, 0.6) is 0 Å². The summed E-state index contributed by atoms with van der Waals surface area (Å²) in [6, 6.07) is 12.4. The lowest BCUT2D eigenvalue weighted by Gasteiger charge is -2.05. The van der Waals surface area contributed by atoms with Gasteiger partial charge in [0.25, 0.3) is 5.91 Å². The molecular formula is C17H12Cl3N3O. The number of carbonyl (C=O) groups excluding carboxylic acids is 1. The highest BCUT2D eigenvalue weighted by atomic mass is 35.5. The van der Waals surface area contributed by atoms with Gasteiger partial charge in [0.15, 0.2) is 0 Å². The minimum Gasteiger partial charge on any atom is -0.319 e. The van der Waals surface area contributed by atoms with E-state index in [0.717, 1.165) is 5.56 Å². The van der Waals surface area contributed by atoms with Crippen LogP contribution >= 0.6 is 34.8 Å². The first-order valence-electron chi connectivity index (χ1n) is 7.05. The number of hydrogen-bond donors (Lipinski definition) is 1. The van der Waals surface area contributed by atoms with E-state index >= 15 is 0 Å². The maximum absolute atomic E-state index is 12.3. The predicted octanol–water partition coefficient (Wildman–Crippen LogP) is 5.14. The maximum atomic E-state index is 12.3. The number of amides is 1. The Morgan fingerprint density at radius 2 is 1.92 bits per heavy atom. The van der Waals surface area contributed by atoms with Gasteiger partial charge in [-0.05, 0) is 29.8 Å². The third kappa shape index (κ3) is 3.90. The van der Waals surface area contributed by atoms with E-state index in [4.69, 9.17) is 34.8 Å². The van der Waals surface area contributed by atoms with Gasteiger partial charge in [-0.3, -0.25) is 9.48 Å². The number of nitrogens with zero attached hydrogens (tertiary/aromatic N) is 2. The van der Waals surface area contributed by atoms with E-state index in [1.807, 2.05) is 24.3 Å². The van der Waals surface area contributed by atoms with Crippen LogP contribution in [0.3, 0.4) is 0 Å². The maximum Gasteiger partial charge on any atom is 0.257 e. The van der Waals surface area contributed by atoms with Crippen LogP contribution in [-0.2, 0) is 6.54 Å². The molecule has 122 valence electrons. The Labute approximate surface area is 154 Å². The van der Waals surface area contributed by atoms with Crippen molar-refractivity contribution in [1.29, 1.82) is 0 Å². The number of rotatable bonds is 4. The highest BCUT2D eigenvalue weighted by molar-refractivity contribution is 6.44. The minimum atomic E-state index is -0.343. The van der Waals surface area contributed by atoms with Gasteiger partial charge in [0.05, 0.1) is 34.0 Å². The SMILES string of the molecule is O=C(Nc1cnn(Cc2cccc(Cl)c2)c1)c1cccc(Cl)c1Cl. The van der Waals surface area contributed by atoms with E-state index in [2.05, 4.69) is 10.4 Å². The first-order valence-corrected chi connectivity index (χ1v) is 8.18. The van der Waals surface area contributed by atoms with Crippen molar-refractivity contribution in [2.24, 2.45) is 0 Å². The molecule has 1 N–H and O–H groups in total. The number of carbonyl (C=O) groups is 1. The van der Waals surface area contributed by atoms with Gasteiger partial charge in [-0.2, -0.15) is 5.10 Å². The summed E-state index contributed by atoms with van der Waals surface area (Å²) in [4.78, 5) is 12.3. The first-order chi connectivity index (χ1) is 11.5. The zero-order valence-electron chi connectivity index (χ0n) is 12.3. The van der Waals surface area contributed by atoms with Gasteiger partial charge in [-0.25, -0.2) is 0 Å². The van der Waals surface area contributed by atoms with E-state index in [-0.39, 0.29) is 10.9 Å². The molecule has 0 aliphatic heterocycles. The van der Waals surface area contributed by atoms with Gasteiger partial charge >= 0.3 is 0 Å². The summed E-state index contributed by atoms with van der Waals surface area (Å²) in [6.07, 6.45) is 3.30. The van der Waals surface area contributed by atoms with Crippen LogP contribution in [0.1, 0.15) is 15.9 Å². The van der Waals surface area contributed by atoms with Crippen LogP contribution in [-0.4, -0.2) is 15.7 Å². The number of anilines is 1. The summed E-state index contributed by atoms with van der Waals surface area (Å²) in [5.41, 5.74) is 1.89. The first kappa shape index (κ1) is 16.8. The Hall–Kier alpha value is -2.01. The summed E-state index contributed by atoms with van der Waals surface area (Å²) in [6.45, 7) is 0.550. The fourth-order valence-electron chi connectivity index (χ4n) is 2.21. The molecule has 3 aromatic rings. The lowest BCUT2D eigenvalue weighted by molar-refractivity contribution is 0.102. The van der Waals surface area contributed by atoms with Crippen molar-refractivity contribution in [3.8, 4) is 0 Å². The van der Waals surface area contributed by atoms with Gasteiger partial charge in [-0.1, -0.05) is 53.0 Å². The summed E-state index contributed by atoms with van der Waals surface area (Å²) in [5.74, 6) is -0.343. The van der Waals surface area contributed by atoms with Crippen molar-refractivity contribution in [2.45, 2.75) is 6.54 Å². The van der Waals surface area contributed by atoms with E-state index in [1.165, 1.54) is 0 Å². The molecule has 0 fully saturated rings. The molecule has 1 amide bonds. The minimum absolute atomic E-state index is 0.225. The fraction of sp³-hybridized carbons (Fsp3) is 0.0588. The highest BCUT2D eigenvalue weighted by Gasteiger charge is 2.13. The topological polar surface area (TPSA) is 46.9 Å². The standard InChI is InChI=1S/C17H12Cl3N3O/c18-12-4-1-3-11(7-12)9-23-10-13(8-21-23)22-17(24)14-5-2-6-15(19)16(14)20/h1-8,10H,9H2,(H,22,24). The number of nitrogens with one attached hydrogen (secondary N) is 1. The molecular weight excluding hydrogens is 369 g/mol. The van der Waals surface area contributed by atoms with Crippen LogP contribution in [0, 0.1) is 0 Å². The second-order valence-electron chi connectivity index (χ2n) is 5.11. The smallest absolute Gasteiger partial charge is 0.257 e. The third-order valence-electron chi connectivity index (χ3n) is 3.32. The normalized spacial score (nSPS) is 10.6. The molecule has 0 saturated heterocycles. The lowest BCUT2D eigenvalue weighted by atomic mass is 10.2. The summed E-state index contributed by atoms with van der Waals surface area (Å²) >= 11 is 18.0. The molecule has 7 heteroatoms. The Morgan fingerprint density at radius 1 is 1.12 bits per heavy atom. The second-order valence-corrected chi connectivity index (χ2v) is 6.33. The van der Waals surface area contributed by atoms with Crippen molar-refractivity contribution in [3.63, 3.8) is 0 Å². The van der Waals surface area contributed by atoms with Gasteiger partial charge in [0, 0.05) is 11.2 Å². The van der Waals surface area contributed by atoms with Crippen LogP contribution in [0.4, 0.5) is 5.69 Å². The molecule has 2 aromatic carbocycles. The summed E-state index contributed by atoms with van der Waals surface area (Å²) < 4.78 is 1.71. The summed E-state index contributed by atoms with van der Waals surface area (Å²) in [5, 5.41) is 8.21. The van der Waals surface area contributed by atoms with Gasteiger partial charge in [0.2, 0.25) is 0 Å². The molecule has 1 heterocycles. The second kappa shape index (κ2) is 7.26. The van der Waals surface area contributed by atoms with Crippen LogP contribution in [0.25, 0.3) is 0 Å². The molecule has 0 aliphatic rings. The number of aromatic nitrogens is 2. The van der Waals surface area contributed by atoms with E-state index in [0.29, 0.717) is 27.8 Å². The van der Waals surface area contributed by atoms with Crippen molar-refractivity contribution < 1.29 is 4.79 Å². The average molecular weight is 381 g/mol. The van der Waals surface area contributed by atoms with Crippen molar-refractivity contribution in [2.75, 3.05) is 5.32 Å². The predicted molar refractivity (Wildman–Crippen MR) is 97.2 cm³/mol. The number of hydrogen-bond acceptors (Lipinski definition) is 2. The largest absolute Gasteiger partial charge is 0.319 e. The Morgan fingerprint density at radius 3 is 2.71 bits per heavy atom. The van der Waals surface area contributed by atoms with E-state index in [1.54, 1.807) is 35.3 Å². The Bertz CT molecular complexity index is 892. The average Bonchev–Trinajstić information content (AvgIpc) is 2.97. The highest BCUT2D eigenvalue weighted by Crippen LogP contribution is 2.26. The molecule has 0 radical (unpaired) electrons. The summed E-state index contributed by atoms with van der Waals surface area (Å²) in [7, 11) is 0. The van der Waals surface area contributed by atoms with E-state index < -0.39 is 0 Å². The van der Waals surface area contributed by atoms with Crippen LogP contribution < -0.4 is 5.32 Å². The lowest BCUT2D eigenvalue weighted by Crippen LogP contribution is -2.12. The monoisotopic (exact) mass is 379 g/mol. The number of benzene rings is 2. The van der Waals surface area contributed by atoms with Crippen LogP contribution in [0.2, 0.25) is 15.1 Å². The zero-order valence-corrected chi connectivity index (χ0v) is 14.6. The molecule has 0 aliphatic carbocycles. The van der Waals surface area contributed by atoms with E-state index in [9.17, 15) is 4.79 Å². The van der Waals surface area contributed by atoms with Crippen LogP contribution in [0.15, 0.2) is 54.9 Å². The Balaban J connectivity index is 1.72. The molecule has 3 rings (SSSR count). The molecule has 0 saturated carbocycles. The van der Waals surface area contributed by atoms with Crippen molar-refractivity contribution in [3.05, 3.63) is 81.1 Å². The van der Waals surface area contributed by atoms with Gasteiger partial charge in [-0.15, -0.1) is 0 Å².